The van der Waals surface area contributed by atoms with E-state index in [4.69, 9.17) is 0 Å². The highest BCUT2D eigenvalue weighted by atomic mass is 16.2. The molecule has 1 aliphatic carbocycles. The van der Waals surface area contributed by atoms with Gasteiger partial charge in [0, 0.05) is 43.5 Å². The number of para-hydroxylation sites is 1. The molecule has 0 unspecified atom stereocenters. The van der Waals surface area contributed by atoms with Crippen molar-refractivity contribution in [3.05, 3.63) is 54.1 Å². The van der Waals surface area contributed by atoms with Crippen molar-refractivity contribution < 1.29 is 9.59 Å². The van der Waals surface area contributed by atoms with Gasteiger partial charge in [-0.05, 0) is 56.3 Å². The predicted molar refractivity (Wildman–Crippen MR) is 112 cm³/mol. The van der Waals surface area contributed by atoms with Gasteiger partial charge in [0.25, 0.3) is 5.91 Å². The molecule has 2 N–H and O–H groups in total. The van der Waals surface area contributed by atoms with E-state index < -0.39 is 0 Å². The minimum atomic E-state index is -0.223. The molecule has 2 aliphatic rings. The Kier molecular flexibility index (Phi) is 5.30. The molecule has 1 heterocycles. The summed E-state index contributed by atoms with van der Waals surface area (Å²) in [6, 6.07) is 15.1. The lowest BCUT2D eigenvalue weighted by Crippen LogP contribution is -2.44. The lowest BCUT2D eigenvalue weighted by atomic mass is 10.1. The van der Waals surface area contributed by atoms with Crippen LogP contribution < -0.4 is 15.5 Å². The van der Waals surface area contributed by atoms with Crippen LogP contribution in [-0.4, -0.2) is 49.9 Å². The average molecular weight is 378 g/mol. The van der Waals surface area contributed by atoms with Crippen molar-refractivity contribution in [2.75, 3.05) is 48.8 Å². The Morgan fingerprint density at radius 1 is 0.893 bits per heavy atom. The Morgan fingerprint density at radius 3 is 2.25 bits per heavy atom. The number of anilines is 3. The number of hydrogen-bond acceptors (Lipinski definition) is 4. The molecule has 1 aliphatic heterocycles. The van der Waals surface area contributed by atoms with E-state index in [9.17, 15) is 9.59 Å². The Bertz CT molecular complexity index is 853. The van der Waals surface area contributed by atoms with Crippen molar-refractivity contribution in [3.63, 3.8) is 0 Å². The molecule has 6 nitrogen and oxygen atoms in total. The number of rotatable bonds is 5. The molecule has 4 rings (SSSR count). The standard InChI is InChI=1S/C22H26N4O2/c1-25-12-14-26(15-13-25)18-10-8-17(9-11-18)23-22(28)19-4-2-3-5-20(19)24-21(27)16-6-7-16/h2-5,8-11,16H,6-7,12-15H2,1H3,(H,23,28)(H,24,27). The Morgan fingerprint density at radius 2 is 1.57 bits per heavy atom. The highest BCUT2D eigenvalue weighted by Gasteiger charge is 2.30. The summed E-state index contributed by atoms with van der Waals surface area (Å²) in [5, 5.41) is 5.82. The molecule has 1 saturated carbocycles. The van der Waals surface area contributed by atoms with Crippen molar-refractivity contribution >= 4 is 28.9 Å². The van der Waals surface area contributed by atoms with Gasteiger partial charge in [0.2, 0.25) is 5.91 Å². The van der Waals surface area contributed by atoms with Crippen molar-refractivity contribution in [3.8, 4) is 0 Å². The summed E-state index contributed by atoms with van der Waals surface area (Å²) < 4.78 is 0. The predicted octanol–water partition coefficient (Wildman–Crippen LogP) is 3.04. The summed E-state index contributed by atoms with van der Waals surface area (Å²) in [5.41, 5.74) is 2.94. The van der Waals surface area contributed by atoms with E-state index in [0.29, 0.717) is 11.3 Å². The lowest BCUT2D eigenvalue weighted by Gasteiger charge is -2.34. The number of carbonyl (C=O) groups excluding carboxylic acids is 2. The van der Waals surface area contributed by atoms with Crippen LogP contribution >= 0.6 is 0 Å². The van der Waals surface area contributed by atoms with E-state index in [1.54, 1.807) is 18.2 Å². The molecule has 2 fully saturated rings. The minimum Gasteiger partial charge on any atom is -0.369 e. The third-order valence-corrected chi connectivity index (χ3v) is 5.37. The summed E-state index contributed by atoms with van der Waals surface area (Å²) in [5.74, 6) is -0.130. The number of hydrogen-bond donors (Lipinski definition) is 2. The first-order chi connectivity index (χ1) is 13.6. The van der Waals surface area contributed by atoms with Crippen LogP contribution in [0, 0.1) is 5.92 Å². The molecule has 2 aromatic rings. The molecular weight excluding hydrogens is 352 g/mol. The molecule has 146 valence electrons. The molecule has 0 bridgehead atoms. The van der Waals surface area contributed by atoms with Gasteiger partial charge in [0.05, 0.1) is 11.3 Å². The van der Waals surface area contributed by atoms with Crippen LogP contribution in [0.2, 0.25) is 0 Å². The summed E-state index contributed by atoms with van der Waals surface area (Å²) in [7, 11) is 2.14. The van der Waals surface area contributed by atoms with Gasteiger partial charge in [-0.25, -0.2) is 0 Å². The minimum absolute atomic E-state index is 0.00298. The van der Waals surface area contributed by atoms with Crippen molar-refractivity contribution in [2.24, 2.45) is 5.92 Å². The van der Waals surface area contributed by atoms with Gasteiger partial charge in [-0.3, -0.25) is 9.59 Å². The van der Waals surface area contributed by atoms with E-state index in [1.165, 1.54) is 5.69 Å². The molecule has 0 aromatic heterocycles. The number of benzene rings is 2. The SMILES string of the molecule is CN1CCN(c2ccc(NC(=O)c3ccccc3NC(=O)C3CC3)cc2)CC1. The van der Waals surface area contributed by atoms with Crippen LogP contribution in [0.5, 0.6) is 0 Å². The molecule has 0 spiro atoms. The Labute approximate surface area is 165 Å². The van der Waals surface area contributed by atoms with Crippen LogP contribution in [-0.2, 0) is 4.79 Å². The first-order valence-corrected chi connectivity index (χ1v) is 9.85. The van der Waals surface area contributed by atoms with Gasteiger partial charge in [0.1, 0.15) is 0 Å². The van der Waals surface area contributed by atoms with Gasteiger partial charge in [-0.15, -0.1) is 0 Å². The molecule has 0 atom stereocenters. The fourth-order valence-corrected chi connectivity index (χ4v) is 3.39. The zero-order chi connectivity index (χ0) is 19.5. The van der Waals surface area contributed by atoms with E-state index in [1.807, 2.05) is 30.3 Å². The van der Waals surface area contributed by atoms with E-state index >= 15 is 0 Å². The molecule has 0 radical (unpaired) electrons. The van der Waals surface area contributed by atoms with Gasteiger partial charge in [-0.2, -0.15) is 0 Å². The molecular formula is C22H26N4O2. The van der Waals surface area contributed by atoms with Crippen LogP contribution in [0.1, 0.15) is 23.2 Å². The number of nitrogens with zero attached hydrogens (tertiary/aromatic N) is 2. The molecule has 2 aromatic carbocycles. The maximum Gasteiger partial charge on any atom is 0.257 e. The molecule has 2 amide bonds. The Balaban J connectivity index is 1.41. The molecule has 1 saturated heterocycles. The summed E-state index contributed by atoms with van der Waals surface area (Å²) in [6.07, 6.45) is 1.86. The number of amides is 2. The highest BCUT2D eigenvalue weighted by molar-refractivity contribution is 6.10. The third-order valence-electron chi connectivity index (χ3n) is 5.37. The van der Waals surface area contributed by atoms with Crippen molar-refractivity contribution in [1.29, 1.82) is 0 Å². The number of carbonyl (C=O) groups is 2. The van der Waals surface area contributed by atoms with Gasteiger partial charge in [-0.1, -0.05) is 12.1 Å². The van der Waals surface area contributed by atoms with Gasteiger partial charge in [0.15, 0.2) is 0 Å². The summed E-state index contributed by atoms with van der Waals surface area (Å²) in [4.78, 5) is 29.5. The van der Waals surface area contributed by atoms with E-state index in [2.05, 4.69) is 27.5 Å². The monoisotopic (exact) mass is 378 g/mol. The zero-order valence-electron chi connectivity index (χ0n) is 16.1. The normalized spacial score (nSPS) is 17.2. The maximum absolute atomic E-state index is 12.7. The first kappa shape index (κ1) is 18.5. The fourth-order valence-electron chi connectivity index (χ4n) is 3.39. The molecule has 6 heteroatoms. The Hall–Kier alpha value is -2.86. The second-order valence-corrected chi connectivity index (χ2v) is 7.60. The number of nitrogens with one attached hydrogen (secondary N) is 2. The zero-order valence-corrected chi connectivity index (χ0v) is 16.1. The second kappa shape index (κ2) is 8.02. The second-order valence-electron chi connectivity index (χ2n) is 7.60. The fraction of sp³-hybridized carbons (Fsp3) is 0.364. The third kappa shape index (κ3) is 4.34. The number of likely N-dealkylation sites (N-methyl/N-ethyl adjacent to an activating group) is 1. The smallest absolute Gasteiger partial charge is 0.257 e. The highest BCUT2D eigenvalue weighted by Crippen LogP contribution is 2.31. The summed E-state index contributed by atoms with van der Waals surface area (Å²) >= 11 is 0. The van der Waals surface area contributed by atoms with E-state index in [-0.39, 0.29) is 17.7 Å². The van der Waals surface area contributed by atoms with Crippen molar-refractivity contribution in [2.45, 2.75) is 12.8 Å². The molecule has 28 heavy (non-hydrogen) atoms. The topological polar surface area (TPSA) is 64.7 Å². The summed E-state index contributed by atoms with van der Waals surface area (Å²) in [6.45, 7) is 4.14. The van der Waals surface area contributed by atoms with Gasteiger partial charge < -0.3 is 20.4 Å². The van der Waals surface area contributed by atoms with Crippen molar-refractivity contribution in [1.82, 2.24) is 4.90 Å². The van der Waals surface area contributed by atoms with Crippen LogP contribution in [0.15, 0.2) is 48.5 Å². The largest absolute Gasteiger partial charge is 0.369 e. The van der Waals surface area contributed by atoms with Crippen LogP contribution in [0.3, 0.4) is 0 Å². The quantitative estimate of drug-likeness (QED) is 0.839. The van der Waals surface area contributed by atoms with E-state index in [0.717, 1.165) is 44.7 Å². The van der Waals surface area contributed by atoms with Gasteiger partial charge >= 0.3 is 0 Å². The van der Waals surface area contributed by atoms with Crippen LogP contribution in [0.25, 0.3) is 0 Å². The average Bonchev–Trinajstić information content (AvgIpc) is 3.55. The van der Waals surface area contributed by atoms with Crippen LogP contribution in [0.4, 0.5) is 17.1 Å². The first-order valence-electron chi connectivity index (χ1n) is 9.85. The lowest BCUT2D eigenvalue weighted by molar-refractivity contribution is -0.117. The number of piperazine rings is 1. The maximum atomic E-state index is 12.7.